The lowest BCUT2D eigenvalue weighted by Gasteiger charge is -2.49. The van der Waals surface area contributed by atoms with E-state index in [2.05, 4.69) is 30.9 Å². The Morgan fingerprint density at radius 2 is 1.85 bits per heavy atom. The monoisotopic (exact) mass is 185 g/mol. The highest BCUT2D eigenvalue weighted by atomic mass is 15.2. The highest BCUT2D eigenvalue weighted by Gasteiger charge is 2.39. The van der Waals surface area contributed by atoms with Crippen molar-refractivity contribution in [2.24, 2.45) is 5.73 Å². The maximum Gasteiger partial charge on any atom is 0.0330 e. The quantitative estimate of drug-likeness (QED) is 0.671. The van der Waals surface area contributed by atoms with Crippen molar-refractivity contribution in [3.63, 3.8) is 0 Å². The van der Waals surface area contributed by atoms with Gasteiger partial charge in [0.2, 0.25) is 0 Å². The fourth-order valence-electron chi connectivity index (χ4n) is 2.13. The maximum atomic E-state index is 5.53. The van der Waals surface area contributed by atoms with Gasteiger partial charge in [0.05, 0.1) is 0 Å². The van der Waals surface area contributed by atoms with Gasteiger partial charge < -0.3 is 15.5 Å². The molecule has 1 fully saturated rings. The molecule has 0 saturated heterocycles. The van der Waals surface area contributed by atoms with Crippen molar-refractivity contribution in [3.05, 3.63) is 0 Å². The van der Waals surface area contributed by atoms with Gasteiger partial charge in [-0.2, -0.15) is 0 Å². The maximum absolute atomic E-state index is 5.53. The standard InChI is InChI=1S/C10H23N3/c1-12(2)10(5-4-6-10)9-13(3)8-7-11/h4-9,11H2,1-3H3. The van der Waals surface area contributed by atoms with Crippen LogP contribution < -0.4 is 5.73 Å². The summed E-state index contributed by atoms with van der Waals surface area (Å²) in [6.45, 7) is 2.94. The summed E-state index contributed by atoms with van der Waals surface area (Å²) >= 11 is 0. The Balaban J connectivity index is 2.39. The Kier molecular flexibility index (Phi) is 3.71. The van der Waals surface area contributed by atoms with Gasteiger partial charge in [0.15, 0.2) is 0 Å². The molecule has 1 aliphatic carbocycles. The average molecular weight is 185 g/mol. The van der Waals surface area contributed by atoms with Crippen LogP contribution in [0.2, 0.25) is 0 Å². The van der Waals surface area contributed by atoms with Crippen molar-refractivity contribution in [2.45, 2.75) is 24.8 Å². The van der Waals surface area contributed by atoms with E-state index < -0.39 is 0 Å². The number of hydrogen-bond acceptors (Lipinski definition) is 3. The van der Waals surface area contributed by atoms with E-state index >= 15 is 0 Å². The lowest BCUT2D eigenvalue weighted by Crippen LogP contribution is -2.57. The number of nitrogens with two attached hydrogens (primary N) is 1. The highest BCUT2D eigenvalue weighted by Crippen LogP contribution is 2.36. The Labute approximate surface area is 81.9 Å². The number of likely N-dealkylation sites (N-methyl/N-ethyl adjacent to an activating group) is 2. The van der Waals surface area contributed by atoms with Gasteiger partial charge in [-0.05, 0) is 40.4 Å². The molecule has 3 heteroatoms. The molecule has 0 unspecified atom stereocenters. The third-order valence-corrected chi connectivity index (χ3v) is 3.31. The molecule has 13 heavy (non-hydrogen) atoms. The minimum Gasteiger partial charge on any atom is -0.329 e. The molecule has 0 atom stereocenters. The second-order valence-electron chi connectivity index (χ2n) is 4.50. The molecule has 0 radical (unpaired) electrons. The van der Waals surface area contributed by atoms with E-state index in [0.717, 1.165) is 19.6 Å². The molecule has 0 aliphatic heterocycles. The number of nitrogens with zero attached hydrogens (tertiary/aromatic N) is 2. The normalized spacial score (nSPS) is 20.8. The Hall–Kier alpha value is -0.120. The zero-order valence-electron chi connectivity index (χ0n) is 9.21. The van der Waals surface area contributed by atoms with Crippen molar-refractivity contribution >= 4 is 0 Å². The first-order chi connectivity index (χ1) is 6.10. The Morgan fingerprint density at radius 3 is 2.15 bits per heavy atom. The van der Waals surface area contributed by atoms with Crippen LogP contribution in [0.15, 0.2) is 0 Å². The summed E-state index contributed by atoms with van der Waals surface area (Å²) in [5, 5.41) is 0. The van der Waals surface area contributed by atoms with Gasteiger partial charge in [0.1, 0.15) is 0 Å². The molecule has 1 saturated carbocycles. The topological polar surface area (TPSA) is 32.5 Å². The smallest absolute Gasteiger partial charge is 0.0330 e. The summed E-state index contributed by atoms with van der Waals surface area (Å²) < 4.78 is 0. The van der Waals surface area contributed by atoms with E-state index in [1.165, 1.54) is 19.3 Å². The van der Waals surface area contributed by atoms with Crippen LogP contribution in [-0.4, -0.2) is 56.1 Å². The first-order valence-corrected chi connectivity index (χ1v) is 5.17. The van der Waals surface area contributed by atoms with Crippen LogP contribution in [0.5, 0.6) is 0 Å². The minimum atomic E-state index is 0.448. The van der Waals surface area contributed by atoms with Gasteiger partial charge in [0, 0.05) is 25.2 Å². The molecule has 0 bridgehead atoms. The molecule has 0 spiro atoms. The fraction of sp³-hybridized carbons (Fsp3) is 1.00. The van der Waals surface area contributed by atoms with Gasteiger partial charge in [-0.25, -0.2) is 0 Å². The molecular weight excluding hydrogens is 162 g/mol. The third-order valence-electron chi connectivity index (χ3n) is 3.31. The molecule has 3 nitrogen and oxygen atoms in total. The molecule has 2 N–H and O–H groups in total. The molecule has 1 rings (SSSR count). The second kappa shape index (κ2) is 4.40. The summed E-state index contributed by atoms with van der Waals surface area (Å²) in [6, 6.07) is 0. The third kappa shape index (κ3) is 2.42. The SMILES string of the molecule is CN(CCN)CC1(N(C)C)CCC1. The average Bonchev–Trinajstić information content (AvgIpc) is 1.96. The van der Waals surface area contributed by atoms with Crippen LogP contribution in [0.4, 0.5) is 0 Å². The van der Waals surface area contributed by atoms with E-state index in [9.17, 15) is 0 Å². The van der Waals surface area contributed by atoms with Crippen molar-refractivity contribution in [3.8, 4) is 0 Å². The minimum absolute atomic E-state index is 0.448. The van der Waals surface area contributed by atoms with E-state index in [0.29, 0.717) is 5.54 Å². The number of hydrogen-bond donors (Lipinski definition) is 1. The Morgan fingerprint density at radius 1 is 1.23 bits per heavy atom. The molecular formula is C10H23N3. The molecule has 0 amide bonds. The molecule has 0 aromatic carbocycles. The molecule has 0 aromatic heterocycles. The lowest BCUT2D eigenvalue weighted by atomic mass is 9.75. The van der Waals surface area contributed by atoms with E-state index in [1.54, 1.807) is 0 Å². The lowest BCUT2D eigenvalue weighted by molar-refractivity contribution is 0.0287. The highest BCUT2D eigenvalue weighted by molar-refractivity contribution is 4.97. The largest absolute Gasteiger partial charge is 0.329 e. The predicted octanol–water partition coefficient (Wildman–Crippen LogP) is 0.361. The van der Waals surface area contributed by atoms with Crippen molar-refractivity contribution in [1.82, 2.24) is 9.80 Å². The van der Waals surface area contributed by atoms with Crippen molar-refractivity contribution < 1.29 is 0 Å². The zero-order chi connectivity index (χ0) is 9.90. The van der Waals surface area contributed by atoms with Gasteiger partial charge in [-0.15, -0.1) is 0 Å². The summed E-state index contributed by atoms with van der Waals surface area (Å²) in [5.74, 6) is 0. The predicted molar refractivity (Wildman–Crippen MR) is 56.8 cm³/mol. The summed E-state index contributed by atoms with van der Waals surface area (Å²) in [5.41, 5.74) is 5.98. The zero-order valence-corrected chi connectivity index (χ0v) is 9.21. The van der Waals surface area contributed by atoms with E-state index in [-0.39, 0.29) is 0 Å². The van der Waals surface area contributed by atoms with Crippen molar-refractivity contribution in [2.75, 3.05) is 40.8 Å². The van der Waals surface area contributed by atoms with Crippen LogP contribution in [-0.2, 0) is 0 Å². The summed E-state index contributed by atoms with van der Waals surface area (Å²) in [6.07, 6.45) is 4.07. The van der Waals surface area contributed by atoms with Gasteiger partial charge in [-0.1, -0.05) is 0 Å². The first-order valence-electron chi connectivity index (χ1n) is 5.17. The van der Waals surface area contributed by atoms with E-state index in [4.69, 9.17) is 5.73 Å². The first kappa shape index (κ1) is 11.0. The van der Waals surface area contributed by atoms with Crippen LogP contribution >= 0.6 is 0 Å². The van der Waals surface area contributed by atoms with Crippen LogP contribution in [0.3, 0.4) is 0 Å². The molecule has 1 aliphatic rings. The van der Waals surface area contributed by atoms with Crippen LogP contribution in [0.25, 0.3) is 0 Å². The molecule has 0 heterocycles. The van der Waals surface area contributed by atoms with E-state index in [1.807, 2.05) is 0 Å². The van der Waals surface area contributed by atoms with Gasteiger partial charge in [-0.3, -0.25) is 0 Å². The summed E-state index contributed by atoms with van der Waals surface area (Å²) in [7, 11) is 6.54. The van der Waals surface area contributed by atoms with Crippen molar-refractivity contribution in [1.29, 1.82) is 0 Å². The Bertz CT molecular complexity index is 152. The summed E-state index contributed by atoms with van der Waals surface area (Å²) in [4.78, 5) is 4.72. The van der Waals surface area contributed by atoms with Gasteiger partial charge in [0.25, 0.3) is 0 Å². The van der Waals surface area contributed by atoms with Gasteiger partial charge >= 0.3 is 0 Å². The van der Waals surface area contributed by atoms with Crippen LogP contribution in [0, 0.1) is 0 Å². The molecule has 0 aromatic rings. The second-order valence-corrected chi connectivity index (χ2v) is 4.50. The molecule has 78 valence electrons. The fourth-order valence-corrected chi connectivity index (χ4v) is 2.13. The number of rotatable bonds is 5. The van der Waals surface area contributed by atoms with Crippen LogP contribution in [0.1, 0.15) is 19.3 Å².